The number of carbonyl (C=O) groups is 1. The minimum absolute atomic E-state index is 0.0448. The number of nitrogens with zero attached hydrogens (tertiary/aromatic N) is 2. The van der Waals surface area contributed by atoms with Crippen LogP contribution in [0.5, 0.6) is 5.88 Å². The standard InChI is InChI=1S/C20H19ClN2O3/c1-4-15-7-5-6-8-17(15)23-19(16-11-9-13(2)10-12-16)18(21)20(22-23)26-25-14(3)24/h5-12H,4H2,1-3H3. The summed E-state index contributed by atoms with van der Waals surface area (Å²) in [6.07, 6.45) is 0.834. The third-order valence-corrected chi connectivity index (χ3v) is 4.30. The summed E-state index contributed by atoms with van der Waals surface area (Å²) < 4.78 is 1.73. The van der Waals surface area contributed by atoms with Gasteiger partial charge in [0.15, 0.2) is 0 Å². The van der Waals surface area contributed by atoms with Crippen molar-refractivity contribution in [1.29, 1.82) is 0 Å². The largest absolute Gasteiger partial charge is 0.352 e. The second-order valence-corrected chi connectivity index (χ2v) is 6.26. The van der Waals surface area contributed by atoms with E-state index in [1.54, 1.807) is 4.68 Å². The number of halogens is 1. The number of aromatic nitrogens is 2. The van der Waals surface area contributed by atoms with E-state index in [9.17, 15) is 4.79 Å². The van der Waals surface area contributed by atoms with Gasteiger partial charge in [0.1, 0.15) is 5.02 Å². The molecule has 26 heavy (non-hydrogen) atoms. The Morgan fingerprint density at radius 2 is 1.85 bits per heavy atom. The Bertz CT molecular complexity index is 933. The van der Waals surface area contributed by atoms with E-state index in [1.165, 1.54) is 6.92 Å². The lowest BCUT2D eigenvalue weighted by Crippen LogP contribution is -2.05. The van der Waals surface area contributed by atoms with Crippen molar-refractivity contribution < 1.29 is 14.6 Å². The molecular weight excluding hydrogens is 352 g/mol. The fraction of sp³-hybridized carbons (Fsp3) is 0.200. The van der Waals surface area contributed by atoms with Gasteiger partial charge in [0.2, 0.25) is 0 Å². The summed E-state index contributed by atoms with van der Waals surface area (Å²) in [5.74, 6) is -0.537. The van der Waals surface area contributed by atoms with Crippen molar-refractivity contribution in [2.24, 2.45) is 0 Å². The molecule has 0 unspecified atom stereocenters. The van der Waals surface area contributed by atoms with Gasteiger partial charge < -0.3 is 0 Å². The smallest absolute Gasteiger partial charge is 0.263 e. The first kappa shape index (κ1) is 18.0. The normalized spacial score (nSPS) is 10.6. The lowest BCUT2D eigenvalue weighted by atomic mass is 10.1. The van der Waals surface area contributed by atoms with Crippen LogP contribution in [-0.4, -0.2) is 15.7 Å². The first-order valence-electron chi connectivity index (χ1n) is 8.30. The Labute approximate surface area is 157 Å². The maximum absolute atomic E-state index is 11.1. The first-order chi connectivity index (χ1) is 12.5. The molecule has 0 spiro atoms. The van der Waals surface area contributed by atoms with E-state index in [0.717, 1.165) is 28.8 Å². The fourth-order valence-corrected chi connectivity index (χ4v) is 2.94. The van der Waals surface area contributed by atoms with Gasteiger partial charge in [0.25, 0.3) is 0 Å². The lowest BCUT2D eigenvalue weighted by Gasteiger charge is -2.11. The van der Waals surface area contributed by atoms with Crippen LogP contribution in [0, 0.1) is 6.92 Å². The van der Waals surface area contributed by atoms with Gasteiger partial charge >= 0.3 is 11.8 Å². The van der Waals surface area contributed by atoms with E-state index < -0.39 is 5.97 Å². The van der Waals surface area contributed by atoms with E-state index in [4.69, 9.17) is 16.5 Å². The van der Waals surface area contributed by atoms with E-state index >= 15 is 0 Å². The molecule has 0 N–H and O–H groups in total. The van der Waals surface area contributed by atoms with Crippen LogP contribution in [0.3, 0.4) is 0 Å². The topological polar surface area (TPSA) is 53.4 Å². The first-order valence-corrected chi connectivity index (χ1v) is 8.68. The lowest BCUT2D eigenvalue weighted by molar-refractivity contribution is -0.212. The summed E-state index contributed by atoms with van der Waals surface area (Å²) in [4.78, 5) is 20.7. The second kappa shape index (κ2) is 7.62. The van der Waals surface area contributed by atoms with Crippen LogP contribution in [-0.2, 0) is 16.1 Å². The fourth-order valence-electron chi connectivity index (χ4n) is 2.68. The molecule has 3 rings (SSSR count). The van der Waals surface area contributed by atoms with Gasteiger partial charge in [-0.15, -0.1) is 5.10 Å². The van der Waals surface area contributed by atoms with Crippen LogP contribution in [0.2, 0.25) is 5.02 Å². The van der Waals surface area contributed by atoms with Crippen molar-refractivity contribution in [3.05, 3.63) is 64.7 Å². The molecule has 0 aliphatic rings. The molecule has 0 saturated carbocycles. The molecule has 0 bridgehead atoms. The van der Waals surface area contributed by atoms with Gasteiger partial charge in [-0.1, -0.05) is 66.6 Å². The van der Waals surface area contributed by atoms with Gasteiger partial charge in [-0.25, -0.2) is 14.4 Å². The molecule has 3 aromatic rings. The highest BCUT2D eigenvalue weighted by atomic mass is 35.5. The SMILES string of the molecule is CCc1ccccc1-n1nc(OOC(C)=O)c(Cl)c1-c1ccc(C)cc1. The van der Waals surface area contributed by atoms with Gasteiger partial charge in [-0.05, 0) is 25.0 Å². The van der Waals surface area contributed by atoms with Crippen molar-refractivity contribution in [2.45, 2.75) is 27.2 Å². The molecule has 0 fully saturated rings. The molecule has 1 heterocycles. The van der Waals surface area contributed by atoms with Gasteiger partial charge in [-0.2, -0.15) is 0 Å². The van der Waals surface area contributed by atoms with Crippen LogP contribution < -0.4 is 4.89 Å². The number of benzene rings is 2. The number of aryl methyl sites for hydroxylation is 2. The summed E-state index contributed by atoms with van der Waals surface area (Å²) in [6.45, 7) is 5.34. The highest BCUT2D eigenvalue weighted by Gasteiger charge is 2.22. The van der Waals surface area contributed by atoms with Crippen LogP contribution in [0.1, 0.15) is 25.0 Å². The molecule has 6 heteroatoms. The van der Waals surface area contributed by atoms with E-state index in [2.05, 4.69) is 16.9 Å². The van der Waals surface area contributed by atoms with Crippen molar-refractivity contribution in [3.63, 3.8) is 0 Å². The Balaban J connectivity index is 2.19. The molecule has 1 aromatic heterocycles. The van der Waals surface area contributed by atoms with Crippen LogP contribution in [0.15, 0.2) is 48.5 Å². The average Bonchev–Trinajstić information content (AvgIpc) is 2.97. The Morgan fingerprint density at radius 3 is 2.50 bits per heavy atom. The van der Waals surface area contributed by atoms with Crippen LogP contribution in [0.4, 0.5) is 0 Å². The van der Waals surface area contributed by atoms with Crippen molar-refractivity contribution in [3.8, 4) is 22.8 Å². The molecule has 134 valence electrons. The minimum Gasteiger partial charge on any atom is -0.263 e. The number of rotatable bonds is 5. The van der Waals surface area contributed by atoms with Gasteiger partial charge in [0, 0.05) is 12.5 Å². The molecular formula is C20H19ClN2O3. The molecule has 5 nitrogen and oxygen atoms in total. The van der Waals surface area contributed by atoms with Crippen molar-refractivity contribution >= 4 is 17.6 Å². The number of hydrogen-bond acceptors (Lipinski definition) is 4. The summed E-state index contributed by atoms with van der Waals surface area (Å²) in [5, 5.41) is 4.72. The van der Waals surface area contributed by atoms with Crippen LogP contribution in [0.25, 0.3) is 16.9 Å². The van der Waals surface area contributed by atoms with Crippen molar-refractivity contribution in [1.82, 2.24) is 9.78 Å². The Morgan fingerprint density at radius 1 is 1.15 bits per heavy atom. The quantitative estimate of drug-likeness (QED) is 0.472. The highest BCUT2D eigenvalue weighted by molar-refractivity contribution is 6.34. The summed E-state index contributed by atoms with van der Waals surface area (Å²) >= 11 is 6.53. The maximum atomic E-state index is 11.1. The second-order valence-electron chi connectivity index (χ2n) is 5.89. The predicted octanol–water partition coefficient (Wildman–Crippen LogP) is 4.92. The number of hydrogen-bond donors (Lipinski definition) is 0. The Hall–Kier alpha value is -2.79. The van der Waals surface area contributed by atoms with Gasteiger partial charge in [0.05, 0.1) is 11.4 Å². The van der Waals surface area contributed by atoms with E-state index in [-0.39, 0.29) is 10.9 Å². The zero-order valence-electron chi connectivity index (χ0n) is 14.8. The third kappa shape index (κ3) is 3.58. The maximum Gasteiger partial charge on any atom is 0.352 e. The van der Waals surface area contributed by atoms with E-state index in [1.807, 2.05) is 55.5 Å². The zero-order valence-corrected chi connectivity index (χ0v) is 15.6. The van der Waals surface area contributed by atoms with Gasteiger partial charge in [-0.3, -0.25) is 4.89 Å². The zero-order chi connectivity index (χ0) is 18.7. The molecule has 0 amide bonds. The third-order valence-electron chi connectivity index (χ3n) is 3.96. The molecule has 2 aromatic carbocycles. The van der Waals surface area contributed by atoms with Crippen LogP contribution >= 0.6 is 11.6 Å². The molecule has 0 aliphatic carbocycles. The molecule has 0 saturated heterocycles. The van der Waals surface area contributed by atoms with E-state index in [0.29, 0.717) is 5.69 Å². The van der Waals surface area contributed by atoms with Crippen molar-refractivity contribution in [2.75, 3.05) is 0 Å². The molecule has 0 atom stereocenters. The predicted molar refractivity (Wildman–Crippen MR) is 101 cm³/mol. The number of para-hydroxylation sites is 1. The summed E-state index contributed by atoms with van der Waals surface area (Å²) in [6, 6.07) is 15.9. The summed E-state index contributed by atoms with van der Waals surface area (Å²) in [7, 11) is 0. The highest BCUT2D eigenvalue weighted by Crippen LogP contribution is 2.38. The Kier molecular flexibility index (Phi) is 5.28. The summed E-state index contributed by atoms with van der Waals surface area (Å²) in [5.41, 5.74) is 4.71. The molecule has 0 radical (unpaired) electrons. The number of carbonyl (C=O) groups excluding carboxylic acids is 1. The monoisotopic (exact) mass is 370 g/mol. The minimum atomic E-state index is -0.582. The average molecular weight is 371 g/mol. The molecule has 0 aliphatic heterocycles.